The molecular formula is C19H28FNO3. The first-order valence-corrected chi connectivity index (χ1v) is 8.70. The minimum Gasteiger partial charge on any atom is -0.443 e. The fourth-order valence-electron chi connectivity index (χ4n) is 3.61. The molecule has 1 aliphatic rings. The van der Waals surface area contributed by atoms with Crippen LogP contribution in [0, 0.1) is 17.7 Å². The van der Waals surface area contributed by atoms with Crippen molar-refractivity contribution in [3.8, 4) is 0 Å². The van der Waals surface area contributed by atoms with Gasteiger partial charge in [0.05, 0.1) is 0 Å². The van der Waals surface area contributed by atoms with Crippen LogP contribution in [0.3, 0.4) is 0 Å². The Balaban J connectivity index is 1.94. The van der Waals surface area contributed by atoms with E-state index in [0.717, 1.165) is 19.3 Å². The van der Waals surface area contributed by atoms with Crippen molar-refractivity contribution >= 4 is 6.09 Å². The molecule has 2 rings (SSSR count). The van der Waals surface area contributed by atoms with Gasteiger partial charge in [-0.2, -0.15) is 0 Å². The Morgan fingerprint density at radius 1 is 1.38 bits per heavy atom. The lowest BCUT2D eigenvalue weighted by Gasteiger charge is -2.25. The Hall–Kier alpha value is -1.62. The van der Waals surface area contributed by atoms with Crippen LogP contribution in [0.2, 0.25) is 0 Å². The van der Waals surface area contributed by atoms with E-state index in [9.17, 15) is 9.18 Å². The standard InChI is InChI=1S/C19H28FNO3/c1-5-14-10-12(2)17(11-14)21-19(22)24-13(3)18(23-4)15-8-6-7-9-16(15)20/h6-9,12-14,17-18H,5,10-11H2,1-4H3,(H,21,22)/t12?,13-,14?,17?,18+/m0/s1. The SMILES string of the molecule is CCC1CC(C)C(NC(=O)O[C@@H](C)[C@@H](OC)c2ccccc2F)C1. The molecule has 0 spiro atoms. The van der Waals surface area contributed by atoms with E-state index in [4.69, 9.17) is 9.47 Å². The first-order valence-electron chi connectivity index (χ1n) is 8.70. The minimum absolute atomic E-state index is 0.143. The lowest BCUT2D eigenvalue weighted by Crippen LogP contribution is -2.39. The highest BCUT2D eigenvalue weighted by Gasteiger charge is 2.32. The summed E-state index contributed by atoms with van der Waals surface area (Å²) in [6.07, 6.45) is 1.56. The van der Waals surface area contributed by atoms with E-state index < -0.39 is 18.3 Å². The number of carbonyl (C=O) groups excluding carboxylic acids is 1. The lowest BCUT2D eigenvalue weighted by molar-refractivity contribution is -0.0175. The number of hydrogen-bond donors (Lipinski definition) is 1. The largest absolute Gasteiger partial charge is 0.443 e. The molecule has 5 atom stereocenters. The highest BCUT2D eigenvalue weighted by Crippen LogP contribution is 2.33. The van der Waals surface area contributed by atoms with Gasteiger partial charge < -0.3 is 14.8 Å². The summed E-state index contributed by atoms with van der Waals surface area (Å²) >= 11 is 0. The predicted octanol–water partition coefficient (Wildman–Crippen LogP) is 4.45. The Morgan fingerprint density at radius 2 is 2.08 bits per heavy atom. The molecule has 0 aliphatic heterocycles. The van der Waals surface area contributed by atoms with E-state index in [-0.39, 0.29) is 11.9 Å². The van der Waals surface area contributed by atoms with Gasteiger partial charge in [-0.05, 0) is 37.7 Å². The maximum atomic E-state index is 13.9. The number of halogens is 1. The molecule has 1 saturated carbocycles. The van der Waals surface area contributed by atoms with Crippen molar-refractivity contribution in [1.29, 1.82) is 0 Å². The number of alkyl carbamates (subject to hydrolysis) is 1. The zero-order chi connectivity index (χ0) is 17.7. The number of amides is 1. The normalized spacial score (nSPS) is 26.0. The molecule has 1 N–H and O–H groups in total. The smallest absolute Gasteiger partial charge is 0.407 e. The van der Waals surface area contributed by atoms with Crippen molar-refractivity contribution in [2.24, 2.45) is 11.8 Å². The molecule has 134 valence electrons. The van der Waals surface area contributed by atoms with Crippen LogP contribution in [0.5, 0.6) is 0 Å². The van der Waals surface area contributed by atoms with Crippen LogP contribution < -0.4 is 5.32 Å². The van der Waals surface area contributed by atoms with E-state index in [2.05, 4.69) is 19.2 Å². The topological polar surface area (TPSA) is 47.6 Å². The zero-order valence-electron chi connectivity index (χ0n) is 14.9. The highest BCUT2D eigenvalue weighted by molar-refractivity contribution is 5.68. The summed E-state index contributed by atoms with van der Waals surface area (Å²) in [5.41, 5.74) is 0.389. The fourth-order valence-corrected chi connectivity index (χ4v) is 3.61. The summed E-state index contributed by atoms with van der Waals surface area (Å²) in [6.45, 7) is 6.05. The van der Waals surface area contributed by atoms with Gasteiger partial charge in [-0.1, -0.05) is 38.5 Å². The minimum atomic E-state index is -0.638. The molecule has 0 heterocycles. The van der Waals surface area contributed by atoms with Gasteiger partial charge in [0.1, 0.15) is 18.0 Å². The average molecular weight is 337 g/mol. The number of carbonyl (C=O) groups is 1. The van der Waals surface area contributed by atoms with Gasteiger partial charge in [-0.15, -0.1) is 0 Å². The van der Waals surface area contributed by atoms with Crippen molar-refractivity contribution in [3.63, 3.8) is 0 Å². The molecule has 1 aromatic rings. The molecule has 1 amide bonds. The average Bonchev–Trinajstić information content (AvgIpc) is 2.90. The highest BCUT2D eigenvalue weighted by atomic mass is 19.1. The first-order chi connectivity index (χ1) is 11.5. The van der Waals surface area contributed by atoms with Gasteiger partial charge in [-0.3, -0.25) is 0 Å². The molecule has 0 bridgehead atoms. The van der Waals surface area contributed by atoms with Crippen LogP contribution in [0.15, 0.2) is 24.3 Å². The molecule has 24 heavy (non-hydrogen) atoms. The van der Waals surface area contributed by atoms with Crippen LogP contribution in [0.25, 0.3) is 0 Å². The third-order valence-corrected chi connectivity index (χ3v) is 5.04. The van der Waals surface area contributed by atoms with Gasteiger partial charge in [0, 0.05) is 18.7 Å². The maximum absolute atomic E-state index is 13.9. The Labute approximate surface area is 143 Å². The molecule has 0 saturated heterocycles. The van der Waals surface area contributed by atoms with Crippen molar-refractivity contribution in [3.05, 3.63) is 35.6 Å². The van der Waals surface area contributed by atoms with Crippen LogP contribution in [0.4, 0.5) is 9.18 Å². The van der Waals surface area contributed by atoms with Crippen LogP contribution in [-0.4, -0.2) is 25.3 Å². The number of benzene rings is 1. The van der Waals surface area contributed by atoms with Gasteiger partial charge in [-0.25, -0.2) is 9.18 Å². The molecular weight excluding hydrogens is 309 g/mol. The fraction of sp³-hybridized carbons (Fsp3) is 0.632. The number of nitrogens with one attached hydrogen (secondary N) is 1. The van der Waals surface area contributed by atoms with Crippen molar-refractivity contribution in [2.45, 2.75) is 58.3 Å². The summed E-state index contributed by atoms with van der Waals surface area (Å²) < 4.78 is 24.8. The molecule has 3 unspecified atom stereocenters. The van der Waals surface area contributed by atoms with Crippen LogP contribution >= 0.6 is 0 Å². The van der Waals surface area contributed by atoms with E-state index in [0.29, 0.717) is 17.4 Å². The molecule has 0 radical (unpaired) electrons. The second kappa shape index (κ2) is 8.47. The third kappa shape index (κ3) is 4.47. The number of rotatable bonds is 6. The Kier molecular flexibility index (Phi) is 6.60. The van der Waals surface area contributed by atoms with Crippen molar-refractivity contribution in [1.82, 2.24) is 5.32 Å². The number of ether oxygens (including phenoxy) is 2. The number of methoxy groups -OCH3 is 1. The monoisotopic (exact) mass is 337 g/mol. The van der Waals surface area contributed by atoms with E-state index >= 15 is 0 Å². The van der Waals surface area contributed by atoms with Gasteiger partial charge in [0.15, 0.2) is 0 Å². The second-order valence-electron chi connectivity index (χ2n) is 6.76. The van der Waals surface area contributed by atoms with Gasteiger partial charge in [0.2, 0.25) is 0 Å². The Morgan fingerprint density at radius 3 is 2.67 bits per heavy atom. The molecule has 1 fully saturated rings. The van der Waals surface area contributed by atoms with E-state index in [1.807, 2.05) is 0 Å². The predicted molar refractivity (Wildman–Crippen MR) is 91.2 cm³/mol. The maximum Gasteiger partial charge on any atom is 0.407 e. The summed E-state index contributed by atoms with van der Waals surface area (Å²) in [7, 11) is 1.49. The Bertz CT molecular complexity index is 551. The molecule has 1 aromatic carbocycles. The van der Waals surface area contributed by atoms with Crippen molar-refractivity contribution in [2.75, 3.05) is 7.11 Å². The third-order valence-electron chi connectivity index (χ3n) is 5.04. The molecule has 4 nitrogen and oxygen atoms in total. The number of hydrogen-bond acceptors (Lipinski definition) is 3. The van der Waals surface area contributed by atoms with Crippen LogP contribution in [0.1, 0.15) is 51.7 Å². The van der Waals surface area contributed by atoms with Gasteiger partial charge in [0.25, 0.3) is 0 Å². The van der Waals surface area contributed by atoms with Crippen LogP contribution in [-0.2, 0) is 9.47 Å². The second-order valence-corrected chi connectivity index (χ2v) is 6.76. The summed E-state index contributed by atoms with van der Waals surface area (Å²) in [6, 6.07) is 6.52. The quantitative estimate of drug-likeness (QED) is 0.834. The molecule has 0 aromatic heterocycles. The summed E-state index contributed by atoms with van der Waals surface area (Å²) in [5.74, 6) is 0.742. The van der Waals surface area contributed by atoms with E-state index in [1.54, 1.807) is 25.1 Å². The lowest BCUT2D eigenvalue weighted by atomic mass is 10.0. The molecule has 1 aliphatic carbocycles. The first kappa shape index (κ1) is 18.7. The summed E-state index contributed by atoms with van der Waals surface area (Å²) in [5, 5.41) is 2.96. The molecule has 5 heteroatoms. The zero-order valence-corrected chi connectivity index (χ0v) is 14.9. The summed E-state index contributed by atoms with van der Waals surface area (Å²) in [4.78, 5) is 12.2. The van der Waals surface area contributed by atoms with E-state index in [1.165, 1.54) is 13.2 Å². The van der Waals surface area contributed by atoms with Gasteiger partial charge >= 0.3 is 6.09 Å². The van der Waals surface area contributed by atoms with Crippen molar-refractivity contribution < 1.29 is 18.7 Å².